The van der Waals surface area contributed by atoms with Gasteiger partial charge < -0.3 is 20.3 Å². The van der Waals surface area contributed by atoms with Crippen molar-refractivity contribution in [2.24, 2.45) is 0 Å². The van der Waals surface area contributed by atoms with E-state index >= 15 is 0 Å². The molecule has 5 heteroatoms. The second kappa shape index (κ2) is 6.33. The number of hydrogen-bond donors (Lipinski definition) is 2. The van der Waals surface area contributed by atoms with Crippen molar-refractivity contribution in [2.75, 3.05) is 39.8 Å². The van der Waals surface area contributed by atoms with Crippen LogP contribution in [0.1, 0.15) is 20.8 Å². The van der Waals surface area contributed by atoms with Crippen molar-refractivity contribution in [3.05, 3.63) is 0 Å². The molecule has 0 aromatic rings. The van der Waals surface area contributed by atoms with Gasteiger partial charge in [-0.3, -0.25) is 4.79 Å². The number of carbonyl (C=O) groups is 1. The van der Waals surface area contributed by atoms with Gasteiger partial charge in [-0.2, -0.15) is 0 Å². The molecule has 1 fully saturated rings. The van der Waals surface area contributed by atoms with Crippen molar-refractivity contribution >= 4 is 5.91 Å². The Kier molecular flexibility index (Phi) is 5.36. The highest BCUT2D eigenvalue weighted by Crippen LogP contribution is 2.01. The molecule has 2 N–H and O–H groups in total. The molecule has 100 valence electrons. The maximum Gasteiger partial charge on any atom is 0.234 e. The quantitative estimate of drug-likeness (QED) is 0.719. The lowest BCUT2D eigenvalue weighted by Gasteiger charge is -2.30. The molecule has 0 spiro atoms. The molecule has 1 saturated heterocycles. The van der Waals surface area contributed by atoms with Gasteiger partial charge in [0, 0.05) is 25.2 Å². The van der Waals surface area contributed by atoms with E-state index in [1.165, 1.54) is 0 Å². The second-order valence-corrected chi connectivity index (χ2v) is 5.66. The Balaban J connectivity index is 2.15. The van der Waals surface area contributed by atoms with Gasteiger partial charge in [0.15, 0.2) is 0 Å². The van der Waals surface area contributed by atoms with Crippen LogP contribution in [0.4, 0.5) is 0 Å². The summed E-state index contributed by atoms with van der Waals surface area (Å²) >= 11 is 0. The first-order valence-electron chi connectivity index (χ1n) is 6.19. The molecule has 1 rings (SSSR count). The zero-order valence-corrected chi connectivity index (χ0v) is 11.4. The normalized spacial score (nSPS) is 22.5. The maximum absolute atomic E-state index is 11.6. The topological polar surface area (TPSA) is 53.6 Å². The predicted molar refractivity (Wildman–Crippen MR) is 68.0 cm³/mol. The van der Waals surface area contributed by atoms with Crippen LogP contribution in [-0.4, -0.2) is 62.3 Å². The van der Waals surface area contributed by atoms with E-state index in [0.29, 0.717) is 13.1 Å². The van der Waals surface area contributed by atoms with E-state index in [9.17, 15) is 4.79 Å². The van der Waals surface area contributed by atoms with Crippen LogP contribution in [0.25, 0.3) is 0 Å². The van der Waals surface area contributed by atoms with Crippen molar-refractivity contribution in [3.63, 3.8) is 0 Å². The fourth-order valence-corrected chi connectivity index (χ4v) is 1.63. The molecule has 1 aliphatic heterocycles. The molecule has 1 aliphatic rings. The van der Waals surface area contributed by atoms with Gasteiger partial charge in [0.1, 0.15) is 0 Å². The van der Waals surface area contributed by atoms with Gasteiger partial charge in [0.25, 0.3) is 0 Å². The number of morpholine rings is 1. The average Bonchev–Trinajstić information content (AvgIpc) is 2.23. The molecule has 0 aromatic carbocycles. The van der Waals surface area contributed by atoms with Crippen molar-refractivity contribution < 1.29 is 9.53 Å². The van der Waals surface area contributed by atoms with Crippen LogP contribution in [0.2, 0.25) is 0 Å². The Morgan fingerprint density at radius 3 is 2.76 bits per heavy atom. The van der Waals surface area contributed by atoms with Gasteiger partial charge >= 0.3 is 0 Å². The molecule has 0 saturated carbocycles. The molecule has 1 atom stereocenters. The van der Waals surface area contributed by atoms with E-state index in [1.807, 2.05) is 20.8 Å². The number of hydrogen-bond acceptors (Lipinski definition) is 4. The van der Waals surface area contributed by atoms with E-state index in [4.69, 9.17) is 4.74 Å². The van der Waals surface area contributed by atoms with Crippen molar-refractivity contribution in [3.8, 4) is 0 Å². The summed E-state index contributed by atoms with van der Waals surface area (Å²) in [6.07, 6.45) is 0.118. The number of amides is 1. The Labute approximate surface area is 104 Å². The fraction of sp³-hybridized carbons (Fsp3) is 0.917. The van der Waals surface area contributed by atoms with Crippen LogP contribution in [0.5, 0.6) is 0 Å². The van der Waals surface area contributed by atoms with Crippen LogP contribution in [0.15, 0.2) is 0 Å². The molecule has 0 radical (unpaired) electrons. The van der Waals surface area contributed by atoms with Crippen molar-refractivity contribution in [2.45, 2.75) is 32.4 Å². The fourth-order valence-electron chi connectivity index (χ4n) is 1.63. The number of rotatable bonds is 4. The van der Waals surface area contributed by atoms with Gasteiger partial charge in [-0.1, -0.05) is 0 Å². The Morgan fingerprint density at radius 1 is 1.47 bits per heavy atom. The Bertz CT molecular complexity index is 251. The lowest BCUT2D eigenvalue weighted by molar-refractivity contribution is -0.121. The third kappa shape index (κ3) is 6.61. The molecule has 5 nitrogen and oxygen atoms in total. The molecule has 0 aliphatic carbocycles. The van der Waals surface area contributed by atoms with E-state index in [2.05, 4.69) is 22.6 Å². The summed E-state index contributed by atoms with van der Waals surface area (Å²) in [6.45, 7) is 9.67. The van der Waals surface area contributed by atoms with Crippen LogP contribution in [0, 0.1) is 0 Å². The third-order valence-electron chi connectivity index (χ3n) is 2.65. The van der Waals surface area contributed by atoms with E-state index < -0.39 is 0 Å². The van der Waals surface area contributed by atoms with Crippen LogP contribution in [0.3, 0.4) is 0 Å². The molecule has 1 heterocycles. The zero-order chi connectivity index (χ0) is 12.9. The number of nitrogens with zero attached hydrogens (tertiary/aromatic N) is 1. The summed E-state index contributed by atoms with van der Waals surface area (Å²) < 4.78 is 5.57. The summed E-state index contributed by atoms with van der Waals surface area (Å²) in [5.74, 6) is 0.0248. The largest absolute Gasteiger partial charge is 0.374 e. The first kappa shape index (κ1) is 14.4. The minimum Gasteiger partial charge on any atom is -0.374 e. The number of carbonyl (C=O) groups excluding carboxylic acids is 1. The number of likely N-dealkylation sites (N-methyl/N-ethyl adjacent to an activating group) is 1. The van der Waals surface area contributed by atoms with Crippen LogP contribution in [-0.2, 0) is 9.53 Å². The summed E-state index contributed by atoms with van der Waals surface area (Å²) in [7, 11) is 2.07. The highest BCUT2D eigenvalue weighted by atomic mass is 16.5. The third-order valence-corrected chi connectivity index (χ3v) is 2.65. The molecule has 17 heavy (non-hydrogen) atoms. The number of ether oxygens (including phenoxy) is 1. The van der Waals surface area contributed by atoms with Crippen molar-refractivity contribution in [1.82, 2.24) is 15.5 Å². The second-order valence-electron chi connectivity index (χ2n) is 5.66. The minimum atomic E-state index is -0.0289. The van der Waals surface area contributed by atoms with Gasteiger partial charge in [0.05, 0.1) is 19.3 Å². The van der Waals surface area contributed by atoms with Gasteiger partial charge in [-0.25, -0.2) is 0 Å². The van der Waals surface area contributed by atoms with E-state index in [0.717, 1.165) is 19.7 Å². The first-order valence-corrected chi connectivity index (χ1v) is 6.19. The van der Waals surface area contributed by atoms with Crippen molar-refractivity contribution in [1.29, 1.82) is 0 Å². The highest BCUT2D eigenvalue weighted by molar-refractivity contribution is 5.78. The summed E-state index contributed by atoms with van der Waals surface area (Å²) in [5.41, 5.74) is -0.0289. The Hall–Kier alpha value is -0.650. The average molecular weight is 243 g/mol. The minimum absolute atomic E-state index is 0.0248. The molecular formula is C12H25N3O2. The predicted octanol–water partition coefficient (Wildman–Crippen LogP) is -0.179. The zero-order valence-electron chi connectivity index (χ0n) is 11.4. The SMILES string of the molecule is CN1CCOC(CNC(=O)CNC(C)(C)C)C1. The molecule has 0 bridgehead atoms. The summed E-state index contributed by atoms with van der Waals surface area (Å²) in [5, 5.41) is 6.05. The van der Waals surface area contributed by atoms with E-state index in [-0.39, 0.29) is 17.6 Å². The standard InChI is InChI=1S/C12H25N3O2/c1-12(2,3)14-8-11(16)13-7-10-9-15(4)5-6-17-10/h10,14H,5-9H2,1-4H3,(H,13,16). The lowest BCUT2D eigenvalue weighted by Crippen LogP contribution is -2.48. The van der Waals surface area contributed by atoms with E-state index in [1.54, 1.807) is 0 Å². The highest BCUT2D eigenvalue weighted by Gasteiger charge is 2.18. The van der Waals surface area contributed by atoms with Crippen LogP contribution >= 0.6 is 0 Å². The molecular weight excluding hydrogens is 218 g/mol. The molecule has 0 aromatic heterocycles. The first-order chi connectivity index (χ1) is 7.87. The monoisotopic (exact) mass is 243 g/mol. The van der Waals surface area contributed by atoms with Crippen LogP contribution < -0.4 is 10.6 Å². The smallest absolute Gasteiger partial charge is 0.234 e. The van der Waals surface area contributed by atoms with Gasteiger partial charge in [0.2, 0.25) is 5.91 Å². The van der Waals surface area contributed by atoms with Gasteiger partial charge in [-0.05, 0) is 27.8 Å². The van der Waals surface area contributed by atoms with Gasteiger partial charge in [-0.15, -0.1) is 0 Å². The molecule has 1 unspecified atom stereocenters. The molecule has 1 amide bonds. The Morgan fingerprint density at radius 2 is 2.18 bits per heavy atom. The maximum atomic E-state index is 11.6. The summed E-state index contributed by atoms with van der Waals surface area (Å²) in [6, 6.07) is 0. The number of nitrogens with one attached hydrogen (secondary N) is 2. The summed E-state index contributed by atoms with van der Waals surface area (Å²) in [4.78, 5) is 13.8. The lowest BCUT2D eigenvalue weighted by atomic mass is 10.1.